The number of rotatable bonds is 3. The Kier molecular flexibility index (Phi) is 4.34. The van der Waals surface area contributed by atoms with E-state index in [1.165, 1.54) is 6.07 Å². The Labute approximate surface area is 120 Å². The molecule has 0 radical (unpaired) electrons. The van der Waals surface area contributed by atoms with E-state index in [9.17, 15) is 4.39 Å². The first-order valence-corrected chi connectivity index (χ1v) is 6.80. The summed E-state index contributed by atoms with van der Waals surface area (Å²) in [7, 11) is 0. The standard InChI is InChI=1S/C15H16BrFN2/c1-9-3-6-13(16)12(7-9)15(19-18)11-5-4-10(2)14(17)8-11/h3-8,15,19H,18H2,1-2H3. The van der Waals surface area contributed by atoms with Crippen LogP contribution in [0.5, 0.6) is 0 Å². The van der Waals surface area contributed by atoms with Crippen molar-refractivity contribution in [1.82, 2.24) is 5.43 Å². The van der Waals surface area contributed by atoms with Gasteiger partial charge in [-0.25, -0.2) is 9.82 Å². The van der Waals surface area contributed by atoms with Gasteiger partial charge in [0.2, 0.25) is 0 Å². The lowest BCUT2D eigenvalue weighted by Gasteiger charge is -2.19. The summed E-state index contributed by atoms with van der Waals surface area (Å²) in [5.74, 6) is 5.43. The highest BCUT2D eigenvalue weighted by molar-refractivity contribution is 9.10. The van der Waals surface area contributed by atoms with Crippen molar-refractivity contribution in [1.29, 1.82) is 0 Å². The topological polar surface area (TPSA) is 38.0 Å². The number of nitrogens with one attached hydrogen (secondary N) is 1. The molecule has 100 valence electrons. The SMILES string of the molecule is Cc1ccc(Br)c(C(NN)c2ccc(C)c(F)c2)c1. The molecule has 4 heteroatoms. The van der Waals surface area contributed by atoms with E-state index in [-0.39, 0.29) is 11.9 Å². The van der Waals surface area contributed by atoms with Gasteiger partial charge in [0.05, 0.1) is 6.04 Å². The Bertz CT molecular complexity index is 599. The van der Waals surface area contributed by atoms with Gasteiger partial charge in [0.1, 0.15) is 5.82 Å². The zero-order valence-electron chi connectivity index (χ0n) is 10.9. The fourth-order valence-electron chi connectivity index (χ4n) is 2.04. The quantitative estimate of drug-likeness (QED) is 0.667. The van der Waals surface area contributed by atoms with Crippen LogP contribution in [0.1, 0.15) is 28.3 Å². The third kappa shape index (κ3) is 3.03. The molecular formula is C15H16BrFN2. The summed E-state index contributed by atoms with van der Waals surface area (Å²) in [6, 6.07) is 10.9. The second-order valence-electron chi connectivity index (χ2n) is 4.63. The first-order valence-electron chi connectivity index (χ1n) is 6.01. The van der Waals surface area contributed by atoms with Crippen molar-refractivity contribution < 1.29 is 4.39 Å². The lowest BCUT2D eigenvalue weighted by atomic mass is 9.97. The van der Waals surface area contributed by atoms with Gasteiger partial charge in [-0.15, -0.1) is 0 Å². The molecule has 0 aliphatic rings. The van der Waals surface area contributed by atoms with E-state index in [0.29, 0.717) is 5.56 Å². The van der Waals surface area contributed by atoms with Crippen LogP contribution in [0.25, 0.3) is 0 Å². The molecule has 19 heavy (non-hydrogen) atoms. The highest BCUT2D eigenvalue weighted by Gasteiger charge is 2.16. The second-order valence-corrected chi connectivity index (χ2v) is 5.49. The van der Waals surface area contributed by atoms with Gasteiger partial charge < -0.3 is 0 Å². The molecule has 2 aromatic carbocycles. The maximum absolute atomic E-state index is 13.7. The molecular weight excluding hydrogens is 307 g/mol. The Morgan fingerprint density at radius 1 is 1.16 bits per heavy atom. The van der Waals surface area contributed by atoms with Gasteiger partial charge in [0.25, 0.3) is 0 Å². The van der Waals surface area contributed by atoms with E-state index in [1.807, 2.05) is 31.2 Å². The predicted molar refractivity (Wildman–Crippen MR) is 79.2 cm³/mol. The van der Waals surface area contributed by atoms with Crippen molar-refractivity contribution in [2.75, 3.05) is 0 Å². The fraction of sp³-hybridized carbons (Fsp3) is 0.200. The Morgan fingerprint density at radius 3 is 2.53 bits per heavy atom. The zero-order chi connectivity index (χ0) is 14.0. The second kappa shape index (κ2) is 5.82. The monoisotopic (exact) mass is 322 g/mol. The molecule has 2 nitrogen and oxygen atoms in total. The molecule has 0 aliphatic heterocycles. The number of benzene rings is 2. The van der Waals surface area contributed by atoms with Crippen LogP contribution < -0.4 is 11.3 Å². The molecule has 0 spiro atoms. The minimum Gasteiger partial charge on any atom is -0.271 e. The van der Waals surface area contributed by atoms with Crippen LogP contribution in [0.4, 0.5) is 4.39 Å². The summed E-state index contributed by atoms with van der Waals surface area (Å²) in [4.78, 5) is 0. The van der Waals surface area contributed by atoms with Crippen molar-refractivity contribution in [3.05, 3.63) is 68.9 Å². The van der Waals surface area contributed by atoms with E-state index in [0.717, 1.165) is 21.2 Å². The van der Waals surface area contributed by atoms with Crippen molar-refractivity contribution in [2.24, 2.45) is 5.84 Å². The normalized spacial score (nSPS) is 12.5. The molecule has 2 rings (SSSR count). The van der Waals surface area contributed by atoms with Crippen LogP contribution in [0.3, 0.4) is 0 Å². The minimum absolute atomic E-state index is 0.221. The number of halogens is 2. The highest BCUT2D eigenvalue weighted by Crippen LogP contribution is 2.29. The third-order valence-electron chi connectivity index (χ3n) is 3.16. The summed E-state index contributed by atoms with van der Waals surface area (Å²) >= 11 is 3.51. The maximum Gasteiger partial charge on any atom is 0.126 e. The summed E-state index contributed by atoms with van der Waals surface area (Å²) in [6.45, 7) is 3.76. The van der Waals surface area contributed by atoms with E-state index in [4.69, 9.17) is 5.84 Å². The molecule has 0 heterocycles. The van der Waals surface area contributed by atoms with Gasteiger partial charge >= 0.3 is 0 Å². The number of hydrogen-bond donors (Lipinski definition) is 2. The average Bonchev–Trinajstić information content (AvgIpc) is 2.38. The van der Waals surface area contributed by atoms with Crippen LogP contribution in [-0.2, 0) is 0 Å². The predicted octanol–water partition coefficient (Wildman–Crippen LogP) is 3.76. The summed E-state index contributed by atoms with van der Waals surface area (Å²) in [5, 5.41) is 0. The summed E-state index contributed by atoms with van der Waals surface area (Å²) < 4.78 is 14.6. The number of nitrogens with two attached hydrogens (primary N) is 1. The molecule has 0 fully saturated rings. The molecule has 0 saturated carbocycles. The Balaban J connectivity index is 2.49. The van der Waals surface area contributed by atoms with Gasteiger partial charge in [0, 0.05) is 4.47 Å². The van der Waals surface area contributed by atoms with Crippen molar-refractivity contribution in [3.63, 3.8) is 0 Å². The number of aryl methyl sites for hydroxylation is 2. The first-order chi connectivity index (χ1) is 9.02. The Hall–Kier alpha value is -1.23. The van der Waals surface area contributed by atoms with Crippen LogP contribution in [0.2, 0.25) is 0 Å². The molecule has 0 aliphatic carbocycles. The lowest BCUT2D eigenvalue weighted by molar-refractivity contribution is 0.598. The molecule has 0 aromatic heterocycles. The van der Waals surface area contributed by atoms with E-state index in [2.05, 4.69) is 21.4 Å². The van der Waals surface area contributed by atoms with Crippen LogP contribution in [0.15, 0.2) is 40.9 Å². The molecule has 0 bridgehead atoms. The molecule has 1 atom stereocenters. The van der Waals surface area contributed by atoms with Crippen molar-refractivity contribution in [2.45, 2.75) is 19.9 Å². The van der Waals surface area contributed by atoms with Crippen molar-refractivity contribution >= 4 is 15.9 Å². The van der Waals surface area contributed by atoms with Crippen molar-refractivity contribution in [3.8, 4) is 0 Å². The molecule has 3 N–H and O–H groups in total. The van der Waals surface area contributed by atoms with Gasteiger partial charge in [-0.05, 0) is 42.7 Å². The summed E-state index contributed by atoms with van der Waals surface area (Å²) in [6.07, 6.45) is 0. The van der Waals surface area contributed by atoms with Crippen LogP contribution in [0, 0.1) is 19.7 Å². The largest absolute Gasteiger partial charge is 0.271 e. The molecule has 0 saturated heterocycles. The summed E-state index contributed by atoms with van der Waals surface area (Å²) in [5.41, 5.74) is 6.31. The lowest BCUT2D eigenvalue weighted by Crippen LogP contribution is -2.29. The van der Waals surface area contributed by atoms with E-state index in [1.54, 1.807) is 13.0 Å². The van der Waals surface area contributed by atoms with E-state index >= 15 is 0 Å². The van der Waals surface area contributed by atoms with Gasteiger partial charge in [-0.2, -0.15) is 0 Å². The number of hydrogen-bond acceptors (Lipinski definition) is 2. The molecule has 0 amide bonds. The van der Waals surface area contributed by atoms with E-state index < -0.39 is 0 Å². The molecule has 2 aromatic rings. The fourth-order valence-corrected chi connectivity index (χ4v) is 2.51. The van der Waals surface area contributed by atoms with Crippen LogP contribution >= 0.6 is 15.9 Å². The van der Waals surface area contributed by atoms with Gasteiger partial charge in [-0.1, -0.05) is 45.8 Å². The number of hydrazine groups is 1. The smallest absolute Gasteiger partial charge is 0.126 e. The average molecular weight is 323 g/mol. The van der Waals surface area contributed by atoms with Gasteiger partial charge in [-0.3, -0.25) is 5.84 Å². The minimum atomic E-state index is -0.246. The Morgan fingerprint density at radius 2 is 1.89 bits per heavy atom. The molecule has 1 unspecified atom stereocenters. The van der Waals surface area contributed by atoms with Crippen LogP contribution in [-0.4, -0.2) is 0 Å². The maximum atomic E-state index is 13.7. The van der Waals surface area contributed by atoms with Gasteiger partial charge in [0.15, 0.2) is 0 Å². The third-order valence-corrected chi connectivity index (χ3v) is 3.88. The highest BCUT2D eigenvalue weighted by atomic mass is 79.9. The zero-order valence-corrected chi connectivity index (χ0v) is 12.5. The first kappa shape index (κ1) is 14.2.